The Balaban J connectivity index is 1.48. The van der Waals surface area contributed by atoms with Crippen LogP contribution in [-0.4, -0.2) is 55.5 Å². The molecule has 1 saturated heterocycles. The fourth-order valence-electron chi connectivity index (χ4n) is 3.47. The summed E-state index contributed by atoms with van der Waals surface area (Å²) in [6.07, 6.45) is 2.42. The van der Waals surface area contributed by atoms with Gasteiger partial charge in [-0.2, -0.15) is 4.31 Å². The highest BCUT2D eigenvalue weighted by molar-refractivity contribution is 7.89. The Kier molecular flexibility index (Phi) is 5.04. The summed E-state index contributed by atoms with van der Waals surface area (Å²) >= 11 is 0. The van der Waals surface area contributed by atoms with Gasteiger partial charge in [0.1, 0.15) is 0 Å². The van der Waals surface area contributed by atoms with Gasteiger partial charge in [-0.15, -0.1) is 0 Å². The minimum absolute atomic E-state index is 0.341. The molecule has 26 heavy (non-hydrogen) atoms. The molecule has 0 amide bonds. The second-order valence-electron chi connectivity index (χ2n) is 6.73. The van der Waals surface area contributed by atoms with E-state index in [4.69, 9.17) is 4.74 Å². The van der Waals surface area contributed by atoms with E-state index in [1.807, 2.05) is 24.3 Å². The molecule has 2 aromatic rings. The summed E-state index contributed by atoms with van der Waals surface area (Å²) in [5.41, 5.74) is 3.11. The summed E-state index contributed by atoms with van der Waals surface area (Å²) in [4.78, 5) is 7.00. The van der Waals surface area contributed by atoms with Crippen LogP contribution in [0.2, 0.25) is 0 Å². The zero-order valence-corrected chi connectivity index (χ0v) is 15.5. The highest BCUT2D eigenvalue weighted by Crippen LogP contribution is 2.24. The molecule has 1 aromatic heterocycles. The minimum Gasteiger partial charge on any atom is -0.379 e. The summed E-state index contributed by atoms with van der Waals surface area (Å²) in [7, 11) is -3.49. The summed E-state index contributed by atoms with van der Waals surface area (Å²) < 4.78 is 32.8. The minimum atomic E-state index is -3.49. The number of sulfonamides is 1. The SMILES string of the molecule is O=S(=O)(c1ccc(CN2CCOCC2)cc1)N1CCc2cccnc2C1. The van der Waals surface area contributed by atoms with Crippen LogP contribution in [0.25, 0.3) is 0 Å². The van der Waals surface area contributed by atoms with Gasteiger partial charge >= 0.3 is 0 Å². The molecule has 0 spiro atoms. The number of pyridine rings is 1. The number of morpholine rings is 1. The lowest BCUT2D eigenvalue weighted by Crippen LogP contribution is -2.36. The van der Waals surface area contributed by atoms with Gasteiger partial charge in [-0.05, 0) is 35.7 Å². The van der Waals surface area contributed by atoms with Crippen molar-refractivity contribution < 1.29 is 13.2 Å². The van der Waals surface area contributed by atoms with Crippen LogP contribution in [0.3, 0.4) is 0 Å². The van der Waals surface area contributed by atoms with Crippen LogP contribution >= 0.6 is 0 Å². The first-order valence-corrected chi connectivity index (χ1v) is 10.4. The Bertz CT molecular complexity index is 862. The van der Waals surface area contributed by atoms with Crippen molar-refractivity contribution in [2.75, 3.05) is 32.8 Å². The second-order valence-corrected chi connectivity index (χ2v) is 8.67. The monoisotopic (exact) mass is 373 g/mol. The smallest absolute Gasteiger partial charge is 0.243 e. The molecule has 138 valence electrons. The predicted octanol–water partition coefficient (Wildman–Crippen LogP) is 1.66. The average molecular weight is 373 g/mol. The van der Waals surface area contributed by atoms with Crippen LogP contribution in [0, 0.1) is 0 Å². The Morgan fingerprint density at radius 3 is 2.58 bits per heavy atom. The van der Waals surface area contributed by atoms with E-state index in [1.165, 1.54) is 4.31 Å². The Hall–Kier alpha value is -1.80. The molecule has 0 atom stereocenters. The number of benzene rings is 1. The zero-order chi connectivity index (χ0) is 18.0. The molecule has 0 unspecified atom stereocenters. The van der Waals surface area contributed by atoms with Crippen LogP contribution in [0.4, 0.5) is 0 Å². The van der Waals surface area contributed by atoms with Gasteiger partial charge in [0, 0.05) is 32.4 Å². The summed E-state index contributed by atoms with van der Waals surface area (Å²) in [5.74, 6) is 0. The van der Waals surface area contributed by atoms with Gasteiger partial charge in [-0.3, -0.25) is 9.88 Å². The molecule has 2 aliphatic heterocycles. The molecule has 1 aromatic carbocycles. The fourth-order valence-corrected chi connectivity index (χ4v) is 4.87. The van der Waals surface area contributed by atoms with Crippen molar-refractivity contribution in [3.63, 3.8) is 0 Å². The highest BCUT2D eigenvalue weighted by atomic mass is 32.2. The summed E-state index contributed by atoms with van der Waals surface area (Å²) in [5, 5.41) is 0. The van der Waals surface area contributed by atoms with Crippen molar-refractivity contribution in [1.29, 1.82) is 0 Å². The molecule has 0 bridgehead atoms. The Morgan fingerprint density at radius 1 is 1.04 bits per heavy atom. The van der Waals surface area contributed by atoms with Gasteiger partial charge < -0.3 is 4.74 Å². The van der Waals surface area contributed by atoms with Crippen molar-refractivity contribution in [2.45, 2.75) is 24.4 Å². The van der Waals surface area contributed by atoms with Gasteiger partial charge in [0.25, 0.3) is 0 Å². The Morgan fingerprint density at radius 2 is 1.81 bits per heavy atom. The Labute approximate surface area is 154 Å². The van der Waals surface area contributed by atoms with Crippen molar-refractivity contribution >= 4 is 10.0 Å². The van der Waals surface area contributed by atoms with Crippen LogP contribution < -0.4 is 0 Å². The maximum atomic E-state index is 13.0. The van der Waals surface area contributed by atoms with Crippen molar-refractivity contribution in [3.8, 4) is 0 Å². The zero-order valence-electron chi connectivity index (χ0n) is 14.7. The van der Waals surface area contributed by atoms with E-state index in [0.717, 1.165) is 49.7 Å². The molecule has 3 heterocycles. The first-order chi connectivity index (χ1) is 12.6. The number of nitrogens with zero attached hydrogens (tertiary/aromatic N) is 3. The molecule has 2 aliphatic rings. The molecular weight excluding hydrogens is 350 g/mol. The van der Waals surface area contributed by atoms with Crippen molar-refractivity contribution in [1.82, 2.24) is 14.2 Å². The topological polar surface area (TPSA) is 62.7 Å². The summed E-state index contributed by atoms with van der Waals surface area (Å²) in [6.45, 7) is 5.02. The number of fused-ring (bicyclic) bond motifs is 1. The van der Waals surface area contributed by atoms with E-state index in [-0.39, 0.29) is 0 Å². The van der Waals surface area contributed by atoms with E-state index in [1.54, 1.807) is 18.3 Å². The average Bonchev–Trinajstić information content (AvgIpc) is 2.69. The molecule has 0 aliphatic carbocycles. The number of hydrogen-bond acceptors (Lipinski definition) is 5. The second kappa shape index (κ2) is 7.44. The van der Waals surface area contributed by atoms with E-state index in [9.17, 15) is 8.42 Å². The van der Waals surface area contributed by atoms with Crippen LogP contribution in [0.1, 0.15) is 16.8 Å². The number of aromatic nitrogens is 1. The van der Waals surface area contributed by atoms with Crippen LogP contribution in [0.15, 0.2) is 47.5 Å². The lowest BCUT2D eigenvalue weighted by molar-refractivity contribution is 0.0342. The van der Waals surface area contributed by atoms with E-state index in [2.05, 4.69) is 9.88 Å². The van der Waals surface area contributed by atoms with Crippen molar-refractivity contribution in [2.24, 2.45) is 0 Å². The molecule has 4 rings (SSSR count). The maximum absolute atomic E-state index is 13.0. The molecule has 6 nitrogen and oxygen atoms in total. The first-order valence-electron chi connectivity index (χ1n) is 8.95. The molecule has 0 N–H and O–H groups in total. The lowest BCUT2D eigenvalue weighted by atomic mass is 10.1. The molecule has 0 saturated carbocycles. The molecule has 0 radical (unpaired) electrons. The number of ether oxygens (including phenoxy) is 1. The largest absolute Gasteiger partial charge is 0.379 e. The van der Waals surface area contributed by atoms with E-state index >= 15 is 0 Å². The summed E-state index contributed by atoms with van der Waals surface area (Å²) in [6, 6.07) is 11.2. The number of hydrogen-bond donors (Lipinski definition) is 0. The highest BCUT2D eigenvalue weighted by Gasteiger charge is 2.28. The molecule has 7 heteroatoms. The maximum Gasteiger partial charge on any atom is 0.243 e. The number of rotatable bonds is 4. The quantitative estimate of drug-likeness (QED) is 0.816. The van der Waals surface area contributed by atoms with Crippen molar-refractivity contribution in [3.05, 3.63) is 59.4 Å². The first kappa shape index (κ1) is 17.6. The normalized spacial score (nSPS) is 19.2. The van der Waals surface area contributed by atoms with Gasteiger partial charge in [0.2, 0.25) is 10.0 Å². The van der Waals surface area contributed by atoms with E-state index in [0.29, 0.717) is 24.4 Å². The van der Waals surface area contributed by atoms with Crippen LogP contribution in [0.5, 0.6) is 0 Å². The standard InChI is InChI=1S/C19H23N3O3S/c23-26(24,22-9-7-17-2-1-8-20-19(17)15-22)18-5-3-16(4-6-18)14-21-10-12-25-13-11-21/h1-6,8H,7,9-15H2. The lowest BCUT2D eigenvalue weighted by Gasteiger charge is -2.28. The third-order valence-electron chi connectivity index (χ3n) is 5.01. The van der Waals surface area contributed by atoms with Crippen LogP contribution in [-0.2, 0) is 34.3 Å². The van der Waals surface area contributed by atoms with Gasteiger partial charge in [-0.1, -0.05) is 18.2 Å². The third kappa shape index (κ3) is 3.66. The van der Waals surface area contributed by atoms with Gasteiger partial charge in [-0.25, -0.2) is 8.42 Å². The van der Waals surface area contributed by atoms with E-state index < -0.39 is 10.0 Å². The molecule has 1 fully saturated rings. The third-order valence-corrected chi connectivity index (χ3v) is 6.87. The fraction of sp³-hybridized carbons (Fsp3) is 0.421. The van der Waals surface area contributed by atoms with Gasteiger partial charge in [0.05, 0.1) is 30.3 Å². The molecular formula is C19H23N3O3S. The van der Waals surface area contributed by atoms with Gasteiger partial charge in [0.15, 0.2) is 0 Å². The predicted molar refractivity (Wildman–Crippen MR) is 98.1 cm³/mol.